The molecule has 2 aromatic heterocycles. The average molecular weight is 395 g/mol. The van der Waals surface area contributed by atoms with Crippen molar-refractivity contribution in [3.05, 3.63) is 52.4 Å². The number of hydrogen-bond donors (Lipinski definition) is 1. The van der Waals surface area contributed by atoms with Crippen LogP contribution in [0.4, 0.5) is 5.00 Å². The van der Waals surface area contributed by atoms with Crippen LogP contribution in [0.1, 0.15) is 10.4 Å². The number of anilines is 1. The van der Waals surface area contributed by atoms with E-state index in [0.29, 0.717) is 10.4 Å². The summed E-state index contributed by atoms with van der Waals surface area (Å²) in [5.74, 6) is -0.883. The predicted molar refractivity (Wildman–Crippen MR) is 95.9 cm³/mol. The molecule has 0 atom stereocenters. The molecule has 0 saturated carbocycles. The van der Waals surface area contributed by atoms with Crippen molar-refractivity contribution >= 4 is 42.6 Å². The molecule has 0 saturated heterocycles. The van der Waals surface area contributed by atoms with Gasteiger partial charge in [-0.1, -0.05) is 0 Å². The molecule has 0 aliphatic carbocycles. The van der Waals surface area contributed by atoms with Crippen LogP contribution in [0.3, 0.4) is 0 Å². The van der Waals surface area contributed by atoms with Gasteiger partial charge in [-0.25, -0.2) is 18.0 Å². The smallest absolute Gasteiger partial charge is 0.351 e. The predicted octanol–water partition coefficient (Wildman–Crippen LogP) is 2.39. The van der Waals surface area contributed by atoms with Crippen molar-refractivity contribution in [3.63, 3.8) is 0 Å². The number of sulfonamides is 1. The van der Waals surface area contributed by atoms with Crippen LogP contribution in [0.5, 0.6) is 5.75 Å². The van der Waals surface area contributed by atoms with Gasteiger partial charge in [0.2, 0.25) is 0 Å². The van der Waals surface area contributed by atoms with Gasteiger partial charge in [0.15, 0.2) is 5.58 Å². The van der Waals surface area contributed by atoms with Crippen LogP contribution in [0, 0.1) is 0 Å². The lowest BCUT2D eigenvalue weighted by Gasteiger charge is -2.17. The number of benzene rings is 1. The summed E-state index contributed by atoms with van der Waals surface area (Å²) in [4.78, 5) is 22.7. The van der Waals surface area contributed by atoms with E-state index in [9.17, 15) is 18.0 Å². The topological polar surface area (TPSA) is 114 Å². The number of nitrogens with zero attached hydrogens (tertiary/aromatic N) is 1. The number of fused-ring (bicyclic) bond motifs is 1. The summed E-state index contributed by atoms with van der Waals surface area (Å²) in [6.45, 7) is 0. The van der Waals surface area contributed by atoms with Crippen molar-refractivity contribution in [1.82, 2.24) is 0 Å². The second-order valence-electron chi connectivity index (χ2n) is 5.21. The van der Waals surface area contributed by atoms with Crippen LogP contribution >= 0.6 is 11.3 Å². The van der Waals surface area contributed by atoms with Gasteiger partial charge in [-0.2, -0.15) is 0 Å². The summed E-state index contributed by atoms with van der Waals surface area (Å²) in [6.07, 6.45) is 0. The highest BCUT2D eigenvalue weighted by Gasteiger charge is 2.24. The average Bonchev–Trinajstić information content (AvgIpc) is 3.02. The van der Waals surface area contributed by atoms with E-state index >= 15 is 0 Å². The molecule has 0 aliphatic heterocycles. The SMILES string of the molecule is COc1ccc(S(=O)(=O)N(C)c2cc3oc(=O)c(C(=O)O)cc3s2)cc1. The van der Waals surface area contributed by atoms with Gasteiger partial charge >= 0.3 is 11.6 Å². The van der Waals surface area contributed by atoms with Gasteiger partial charge in [-0.3, -0.25) is 4.31 Å². The fraction of sp³-hybridized carbons (Fsp3) is 0.125. The summed E-state index contributed by atoms with van der Waals surface area (Å²) in [6, 6.07) is 8.45. The molecule has 0 amide bonds. The molecule has 0 spiro atoms. The lowest BCUT2D eigenvalue weighted by molar-refractivity contribution is 0.0692. The molecule has 1 aromatic carbocycles. The molecule has 0 aliphatic rings. The Morgan fingerprint density at radius 3 is 2.46 bits per heavy atom. The second-order valence-corrected chi connectivity index (χ2v) is 8.25. The minimum Gasteiger partial charge on any atom is -0.497 e. The van der Waals surface area contributed by atoms with Gasteiger partial charge in [-0.05, 0) is 30.3 Å². The number of carbonyl (C=O) groups is 1. The minimum atomic E-state index is -3.85. The fourth-order valence-corrected chi connectivity index (χ4v) is 4.62. The quantitative estimate of drug-likeness (QED) is 0.705. The lowest BCUT2D eigenvalue weighted by atomic mass is 10.3. The maximum absolute atomic E-state index is 12.8. The first-order chi connectivity index (χ1) is 12.2. The number of aromatic carboxylic acids is 1. The number of ether oxygens (including phenoxy) is 1. The molecular formula is C16H13NO7S2. The summed E-state index contributed by atoms with van der Waals surface area (Å²) >= 11 is 1.00. The van der Waals surface area contributed by atoms with Crippen molar-refractivity contribution < 1.29 is 27.5 Å². The van der Waals surface area contributed by atoms with Gasteiger partial charge in [0, 0.05) is 13.1 Å². The number of methoxy groups -OCH3 is 1. The van der Waals surface area contributed by atoms with E-state index < -0.39 is 27.2 Å². The Morgan fingerprint density at radius 2 is 1.88 bits per heavy atom. The third-order valence-electron chi connectivity index (χ3n) is 3.67. The summed E-state index contributed by atoms with van der Waals surface area (Å²) in [5, 5.41) is 9.27. The fourth-order valence-electron chi connectivity index (χ4n) is 2.23. The van der Waals surface area contributed by atoms with Gasteiger partial charge in [0.25, 0.3) is 10.0 Å². The highest BCUT2D eigenvalue weighted by molar-refractivity contribution is 7.93. The van der Waals surface area contributed by atoms with Crippen molar-refractivity contribution in [2.75, 3.05) is 18.5 Å². The summed E-state index contributed by atoms with van der Waals surface area (Å²) < 4.78 is 36.9. The third-order valence-corrected chi connectivity index (χ3v) is 6.71. The Kier molecular flexibility index (Phi) is 4.46. The number of thiophene rings is 1. The molecule has 3 rings (SSSR count). The Balaban J connectivity index is 2.04. The van der Waals surface area contributed by atoms with E-state index in [4.69, 9.17) is 14.3 Å². The molecule has 136 valence electrons. The largest absolute Gasteiger partial charge is 0.497 e. The van der Waals surface area contributed by atoms with Crippen molar-refractivity contribution in [1.29, 1.82) is 0 Å². The van der Waals surface area contributed by atoms with Crippen LogP contribution < -0.4 is 14.7 Å². The van der Waals surface area contributed by atoms with E-state index in [1.807, 2.05) is 0 Å². The number of carboxylic acid groups (broad SMARTS) is 1. The van der Waals surface area contributed by atoms with Crippen LogP contribution in [0.15, 0.2) is 50.5 Å². The molecule has 8 nitrogen and oxygen atoms in total. The van der Waals surface area contributed by atoms with Crippen molar-refractivity contribution in [2.45, 2.75) is 4.90 Å². The van der Waals surface area contributed by atoms with Crippen LogP contribution in [-0.4, -0.2) is 33.7 Å². The standard InChI is InChI=1S/C16H13NO7S2/c1-17(26(21,22)10-5-3-9(23-2)4-6-10)14-8-12-13(25-14)7-11(15(18)19)16(20)24-12/h3-8H,1-2H3,(H,18,19). The molecule has 0 fully saturated rings. The molecule has 26 heavy (non-hydrogen) atoms. The van der Waals surface area contributed by atoms with E-state index in [2.05, 4.69) is 0 Å². The minimum absolute atomic E-state index is 0.0610. The maximum Gasteiger partial charge on any atom is 0.351 e. The van der Waals surface area contributed by atoms with Crippen molar-refractivity contribution in [3.8, 4) is 5.75 Å². The first-order valence-electron chi connectivity index (χ1n) is 7.18. The van der Waals surface area contributed by atoms with Crippen LogP contribution in [0.2, 0.25) is 0 Å². The molecule has 0 bridgehead atoms. The number of carboxylic acids is 1. The van der Waals surface area contributed by atoms with E-state index in [1.165, 1.54) is 50.6 Å². The van der Waals surface area contributed by atoms with E-state index in [1.54, 1.807) is 0 Å². The highest BCUT2D eigenvalue weighted by atomic mass is 32.2. The zero-order valence-corrected chi connectivity index (χ0v) is 15.3. The molecule has 2 heterocycles. The Bertz CT molecular complexity index is 1140. The second kappa shape index (κ2) is 6.46. The molecule has 0 unspecified atom stereocenters. The molecule has 1 N–H and O–H groups in total. The Labute approximate surface area is 151 Å². The van der Waals surface area contributed by atoms with E-state index in [-0.39, 0.29) is 15.5 Å². The zero-order valence-electron chi connectivity index (χ0n) is 13.6. The van der Waals surface area contributed by atoms with E-state index in [0.717, 1.165) is 15.6 Å². The van der Waals surface area contributed by atoms with Gasteiger partial charge in [0.1, 0.15) is 16.3 Å². The third kappa shape index (κ3) is 3.04. The van der Waals surface area contributed by atoms with Crippen molar-refractivity contribution in [2.24, 2.45) is 0 Å². The van der Waals surface area contributed by atoms with Gasteiger partial charge < -0.3 is 14.3 Å². The summed E-state index contributed by atoms with van der Waals surface area (Å²) in [7, 11) is -1.01. The Hall–Kier alpha value is -2.85. The normalized spacial score (nSPS) is 11.5. The zero-order chi connectivity index (χ0) is 19.1. The Morgan fingerprint density at radius 1 is 1.23 bits per heavy atom. The molecule has 10 heteroatoms. The number of hydrogen-bond acceptors (Lipinski definition) is 7. The summed E-state index contributed by atoms with van der Waals surface area (Å²) in [5.41, 5.74) is -1.38. The molecular weight excluding hydrogens is 382 g/mol. The maximum atomic E-state index is 12.8. The molecule has 3 aromatic rings. The first-order valence-corrected chi connectivity index (χ1v) is 9.43. The van der Waals surface area contributed by atoms with Gasteiger partial charge in [0.05, 0.1) is 16.7 Å². The van der Waals surface area contributed by atoms with Crippen LogP contribution in [-0.2, 0) is 10.0 Å². The molecule has 0 radical (unpaired) electrons. The lowest BCUT2D eigenvalue weighted by Crippen LogP contribution is -2.25. The van der Waals surface area contributed by atoms with Crippen LogP contribution in [0.25, 0.3) is 10.3 Å². The monoisotopic (exact) mass is 395 g/mol. The number of rotatable bonds is 5. The first kappa shape index (κ1) is 18.0. The highest BCUT2D eigenvalue weighted by Crippen LogP contribution is 2.34. The van der Waals surface area contributed by atoms with Gasteiger partial charge in [-0.15, -0.1) is 11.3 Å².